The largest absolute Gasteiger partial charge is 0.472 e. The van der Waals surface area contributed by atoms with Crippen molar-refractivity contribution in [1.82, 2.24) is 5.32 Å². The highest BCUT2D eigenvalue weighted by molar-refractivity contribution is 7.47. The van der Waals surface area contributed by atoms with Gasteiger partial charge in [-0.15, -0.1) is 0 Å². The molecule has 3 unspecified atom stereocenters. The van der Waals surface area contributed by atoms with E-state index in [1.807, 2.05) is 0 Å². The summed E-state index contributed by atoms with van der Waals surface area (Å²) in [7, 11) is -4.31. The highest BCUT2D eigenvalue weighted by Gasteiger charge is 2.27. The van der Waals surface area contributed by atoms with Gasteiger partial charge < -0.3 is 21.1 Å². The van der Waals surface area contributed by atoms with Gasteiger partial charge in [0.25, 0.3) is 0 Å². The number of nitrogens with two attached hydrogens (primary N) is 1. The molecule has 0 heterocycles. The Kier molecular flexibility index (Phi) is 42.7. The predicted octanol–water partition coefficient (Wildman–Crippen LogP) is 13.8. The zero-order valence-corrected chi connectivity index (χ0v) is 37.6. The number of phosphoric ester groups is 1. The molecule has 0 aliphatic rings. The topological polar surface area (TPSA) is 131 Å². The van der Waals surface area contributed by atoms with E-state index < -0.39 is 20.0 Å². The molecule has 0 aromatic heterocycles. The molecule has 330 valence electrons. The number of aliphatic hydroxyl groups is 1. The molecule has 55 heavy (non-hydrogen) atoms. The summed E-state index contributed by atoms with van der Waals surface area (Å²) in [5, 5.41) is 13.8. The van der Waals surface area contributed by atoms with Gasteiger partial charge >= 0.3 is 7.82 Å². The fraction of sp³-hybridized carbons (Fsp3) is 0.978. The third kappa shape index (κ3) is 41.5. The van der Waals surface area contributed by atoms with E-state index >= 15 is 0 Å². The van der Waals surface area contributed by atoms with Crippen LogP contribution in [0.3, 0.4) is 0 Å². The zero-order chi connectivity index (χ0) is 40.3. The molecule has 0 aliphatic heterocycles. The van der Waals surface area contributed by atoms with Crippen LogP contribution in [-0.2, 0) is 18.4 Å². The Morgan fingerprint density at radius 1 is 0.527 bits per heavy atom. The number of nitrogens with one attached hydrogen (secondary N) is 1. The summed E-state index contributed by atoms with van der Waals surface area (Å²) >= 11 is 0. The average Bonchev–Trinajstić information content (AvgIpc) is 3.17. The Labute approximate surface area is 342 Å². The summed E-state index contributed by atoms with van der Waals surface area (Å²) in [6, 6.07) is -0.767. The third-order valence-corrected chi connectivity index (χ3v) is 12.2. The van der Waals surface area contributed by atoms with Crippen molar-refractivity contribution in [2.75, 3.05) is 19.8 Å². The molecule has 8 nitrogen and oxygen atoms in total. The number of carbonyl (C=O) groups excluding carboxylic acids is 1. The first-order valence-corrected chi connectivity index (χ1v) is 25.6. The molecule has 3 atom stereocenters. The normalized spacial score (nSPS) is 13.9. The van der Waals surface area contributed by atoms with Crippen LogP contribution in [0.1, 0.15) is 258 Å². The van der Waals surface area contributed by atoms with Crippen molar-refractivity contribution in [1.29, 1.82) is 0 Å². The number of hydrogen-bond acceptors (Lipinski definition) is 6. The summed E-state index contributed by atoms with van der Waals surface area (Å²) in [6.45, 7) is 4.25. The second-order valence-corrected chi connectivity index (χ2v) is 18.1. The molecule has 0 aliphatic carbocycles. The fourth-order valence-electron chi connectivity index (χ4n) is 7.55. The van der Waals surface area contributed by atoms with Crippen molar-refractivity contribution in [2.45, 2.75) is 270 Å². The SMILES string of the molecule is CCCCCCCCCCCCCCCCCCCCCCCCC(=O)NC(COP(=O)(O)OCCN)C(O)CCCCCCCCCCCCCCCC. The van der Waals surface area contributed by atoms with Crippen LogP contribution >= 0.6 is 7.82 Å². The maximum Gasteiger partial charge on any atom is 0.472 e. The highest BCUT2D eigenvalue weighted by atomic mass is 31.2. The first-order valence-electron chi connectivity index (χ1n) is 24.2. The standard InChI is InChI=1S/C46H95N2O6P/c1-3-5-7-9-11-13-15-17-19-20-21-22-23-24-25-26-28-30-32-34-36-38-40-46(50)48-44(43-54-55(51,52)53-42-41-47)45(49)39-37-35-33-31-29-27-18-16-14-12-10-8-6-4-2/h44-45,49H,3-43,47H2,1-2H3,(H,48,50)(H,51,52). The van der Waals surface area contributed by atoms with Gasteiger partial charge in [0.1, 0.15) is 0 Å². The summed E-state index contributed by atoms with van der Waals surface area (Å²) in [5.74, 6) is -0.155. The van der Waals surface area contributed by atoms with Crippen LogP contribution in [0.15, 0.2) is 0 Å². The molecule has 0 fully saturated rings. The van der Waals surface area contributed by atoms with Crippen molar-refractivity contribution in [3.63, 3.8) is 0 Å². The number of aliphatic hydroxyl groups excluding tert-OH is 1. The summed E-state index contributed by atoms with van der Waals surface area (Å²) < 4.78 is 22.2. The van der Waals surface area contributed by atoms with E-state index in [9.17, 15) is 19.4 Å². The van der Waals surface area contributed by atoms with E-state index in [4.69, 9.17) is 14.8 Å². The number of amides is 1. The van der Waals surface area contributed by atoms with Gasteiger partial charge in [0.15, 0.2) is 0 Å². The van der Waals surface area contributed by atoms with E-state index in [2.05, 4.69) is 19.2 Å². The van der Waals surface area contributed by atoms with Gasteiger partial charge in [0, 0.05) is 13.0 Å². The lowest BCUT2D eigenvalue weighted by Gasteiger charge is -2.25. The first kappa shape index (κ1) is 54.5. The van der Waals surface area contributed by atoms with Crippen molar-refractivity contribution in [3.8, 4) is 0 Å². The van der Waals surface area contributed by atoms with Crippen LogP contribution in [0.4, 0.5) is 0 Å². The Hall–Kier alpha value is -0.500. The molecule has 0 bridgehead atoms. The van der Waals surface area contributed by atoms with Gasteiger partial charge in [0.2, 0.25) is 5.91 Å². The Morgan fingerprint density at radius 3 is 1.16 bits per heavy atom. The van der Waals surface area contributed by atoms with Crippen LogP contribution in [0.2, 0.25) is 0 Å². The maximum absolute atomic E-state index is 12.8. The minimum Gasteiger partial charge on any atom is -0.391 e. The van der Waals surface area contributed by atoms with Gasteiger partial charge in [-0.3, -0.25) is 13.8 Å². The van der Waals surface area contributed by atoms with E-state index in [0.717, 1.165) is 38.5 Å². The fourth-order valence-corrected chi connectivity index (χ4v) is 8.31. The molecule has 0 saturated heterocycles. The molecule has 0 saturated carbocycles. The molecular formula is C46H95N2O6P. The maximum atomic E-state index is 12.8. The summed E-state index contributed by atoms with van der Waals surface area (Å²) in [6.07, 6.45) is 46.9. The van der Waals surface area contributed by atoms with Gasteiger partial charge in [-0.05, 0) is 12.8 Å². The number of phosphoric acid groups is 1. The van der Waals surface area contributed by atoms with E-state index in [1.165, 1.54) is 193 Å². The lowest BCUT2D eigenvalue weighted by molar-refractivity contribution is -0.123. The molecular weight excluding hydrogens is 707 g/mol. The van der Waals surface area contributed by atoms with E-state index in [0.29, 0.717) is 12.8 Å². The lowest BCUT2D eigenvalue weighted by Crippen LogP contribution is -2.46. The molecule has 0 aromatic rings. The Bertz CT molecular complexity index is 834. The van der Waals surface area contributed by atoms with Gasteiger partial charge in [-0.25, -0.2) is 4.57 Å². The zero-order valence-electron chi connectivity index (χ0n) is 36.7. The van der Waals surface area contributed by atoms with Crippen LogP contribution in [0.25, 0.3) is 0 Å². The van der Waals surface area contributed by atoms with Crippen molar-refractivity contribution in [2.24, 2.45) is 5.73 Å². The van der Waals surface area contributed by atoms with Crippen molar-refractivity contribution >= 4 is 13.7 Å². The van der Waals surface area contributed by atoms with Gasteiger partial charge in [-0.2, -0.15) is 0 Å². The first-order chi connectivity index (χ1) is 26.9. The second kappa shape index (κ2) is 43.1. The van der Waals surface area contributed by atoms with Crippen LogP contribution in [0, 0.1) is 0 Å². The van der Waals surface area contributed by atoms with E-state index in [-0.39, 0.29) is 25.7 Å². The minimum absolute atomic E-state index is 0.0926. The molecule has 9 heteroatoms. The average molecular weight is 803 g/mol. The van der Waals surface area contributed by atoms with Crippen LogP contribution in [-0.4, -0.2) is 47.8 Å². The predicted molar refractivity (Wildman–Crippen MR) is 236 cm³/mol. The van der Waals surface area contributed by atoms with Gasteiger partial charge in [0.05, 0.1) is 25.4 Å². The lowest BCUT2D eigenvalue weighted by atomic mass is 10.0. The number of carbonyl (C=O) groups is 1. The minimum atomic E-state index is -4.31. The highest BCUT2D eigenvalue weighted by Crippen LogP contribution is 2.43. The number of unbranched alkanes of at least 4 members (excludes halogenated alkanes) is 34. The Balaban J connectivity index is 4.00. The summed E-state index contributed by atoms with van der Waals surface area (Å²) in [5.41, 5.74) is 5.39. The second-order valence-electron chi connectivity index (χ2n) is 16.7. The number of hydrogen-bond donors (Lipinski definition) is 4. The van der Waals surface area contributed by atoms with Crippen LogP contribution < -0.4 is 11.1 Å². The molecule has 5 N–H and O–H groups in total. The third-order valence-electron chi connectivity index (χ3n) is 11.2. The summed E-state index contributed by atoms with van der Waals surface area (Å²) in [4.78, 5) is 22.8. The number of rotatable bonds is 46. The smallest absolute Gasteiger partial charge is 0.391 e. The van der Waals surface area contributed by atoms with E-state index in [1.54, 1.807) is 0 Å². The quantitative estimate of drug-likeness (QED) is 0.0356. The molecule has 0 rings (SSSR count). The van der Waals surface area contributed by atoms with Crippen LogP contribution in [0.5, 0.6) is 0 Å². The molecule has 0 spiro atoms. The van der Waals surface area contributed by atoms with Crippen molar-refractivity contribution in [3.05, 3.63) is 0 Å². The monoisotopic (exact) mass is 803 g/mol. The molecule has 0 aromatic carbocycles. The molecule has 1 amide bonds. The molecule has 0 radical (unpaired) electrons. The van der Waals surface area contributed by atoms with Crippen molar-refractivity contribution < 1.29 is 28.4 Å². The Morgan fingerprint density at radius 2 is 0.836 bits per heavy atom. The van der Waals surface area contributed by atoms with Gasteiger partial charge in [-0.1, -0.05) is 239 Å².